The van der Waals surface area contributed by atoms with Crippen molar-refractivity contribution in [2.45, 2.75) is 63.2 Å². The smallest absolute Gasteiger partial charge is 0.323 e. The number of fused-ring (bicyclic) bond motifs is 1. The second-order valence-corrected chi connectivity index (χ2v) is 14.1. The second kappa shape index (κ2) is 16.7. The highest BCUT2D eigenvalue weighted by atomic mass is 32.2. The molecule has 0 aliphatic carbocycles. The van der Waals surface area contributed by atoms with E-state index in [2.05, 4.69) is 10.6 Å². The lowest BCUT2D eigenvalue weighted by Gasteiger charge is -2.35. The molecule has 4 atom stereocenters. The number of amides is 3. The number of carbonyl (C=O) groups excluding carboxylic acids is 2. The van der Waals surface area contributed by atoms with Crippen LogP contribution in [0.5, 0.6) is 5.75 Å². The molecule has 0 saturated carbocycles. The molecule has 0 fully saturated rings. The average molecular weight is 667 g/mol. The summed E-state index contributed by atoms with van der Waals surface area (Å²) in [6, 6.07) is 21.1. The fourth-order valence-electron chi connectivity index (χ4n) is 5.40. The summed E-state index contributed by atoms with van der Waals surface area (Å²) in [7, 11) is -2.25. The van der Waals surface area contributed by atoms with Crippen LogP contribution >= 0.6 is 0 Å². The van der Waals surface area contributed by atoms with Gasteiger partial charge in [0.05, 0.1) is 35.3 Å². The molecule has 0 bridgehead atoms. The number of hydrogen-bond donors (Lipinski definition) is 3. The molecule has 3 N–H and O–H groups in total. The summed E-state index contributed by atoms with van der Waals surface area (Å²) in [5.74, 6) is -0.336. The lowest BCUT2D eigenvalue weighted by atomic mass is 10.0. The Bertz CT molecular complexity index is 1570. The number of anilines is 2. The lowest BCUT2D eigenvalue weighted by Crippen LogP contribution is -2.48. The monoisotopic (exact) mass is 666 g/mol. The third-order valence-electron chi connectivity index (χ3n) is 8.23. The van der Waals surface area contributed by atoms with E-state index in [-0.39, 0.29) is 42.2 Å². The van der Waals surface area contributed by atoms with Gasteiger partial charge in [-0.3, -0.25) is 4.79 Å². The van der Waals surface area contributed by atoms with E-state index in [0.717, 1.165) is 12.8 Å². The molecule has 3 amide bonds. The average Bonchev–Trinajstić information content (AvgIpc) is 3.06. The number of aliphatic hydroxyl groups is 1. The number of urea groups is 1. The summed E-state index contributed by atoms with van der Waals surface area (Å²) >= 11 is 0. The Kier molecular flexibility index (Phi) is 12.8. The van der Waals surface area contributed by atoms with Crippen LogP contribution in [0.25, 0.3) is 0 Å². The normalized spacial score (nSPS) is 20.4. The maximum Gasteiger partial charge on any atom is 0.323 e. The fourth-order valence-corrected chi connectivity index (χ4v) is 6.61. The summed E-state index contributed by atoms with van der Waals surface area (Å²) in [6.45, 7) is 5.96. The summed E-state index contributed by atoms with van der Waals surface area (Å²) in [6.07, 6.45) is 1.50. The van der Waals surface area contributed by atoms with Gasteiger partial charge in [0.15, 0.2) is 0 Å². The highest BCUT2D eigenvalue weighted by Crippen LogP contribution is 2.29. The van der Waals surface area contributed by atoms with E-state index in [1.54, 1.807) is 72.5 Å². The van der Waals surface area contributed by atoms with Gasteiger partial charge < -0.3 is 30.1 Å². The number of rotatable bonds is 8. The van der Waals surface area contributed by atoms with Crippen LogP contribution in [0, 0.1) is 5.92 Å². The first-order valence-electron chi connectivity index (χ1n) is 16.0. The molecule has 0 radical (unpaired) electrons. The zero-order valence-electron chi connectivity index (χ0n) is 27.5. The highest BCUT2D eigenvalue weighted by molar-refractivity contribution is 7.89. The van der Waals surface area contributed by atoms with Gasteiger partial charge in [-0.15, -0.1) is 0 Å². The molecule has 1 heterocycles. The Morgan fingerprint density at radius 1 is 1.00 bits per heavy atom. The van der Waals surface area contributed by atoms with Crippen LogP contribution in [-0.4, -0.2) is 86.3 Å². The number of likely N-dealkylation sites (N-methyl/N-ethyl adjacent to an activating group) is 1. The molecular formula is C35H46N4O7S. The minimum absolute atomic E-state index is 0.0780. The molecule has 1 aliphatic rings. The number of nitrogens with one attached hydrogen (secondary N) is 2. The van der Waals surface area contributed by atoms with Gasteiger partial charge in [-0.05, 0) is 75.6 Å². The van der Waals surface area contributed by atoms with E-state index >= 15 is 0 Å². The Morgan fingerprint density at radius 2 is 1.66 bits per heavy atom. The molecule has 1 aliphatic heterocycles. The van der Waals surface area contributed by atoms with Crippen molar-refractivity contribution in [3.8, 4) is 5.75 Å². The van der Waals surface area contributed by atoms with Crippen molar-refractivity contribution in [1.82, 2.24) is 9.21 Å². The summed E-state index contributed by atoms with van der Waals surface area (Å²) < 4.78 is 40.6. The number of benzene rings is 3. The Morgan fingerprint density at radius 3 is 2.34 bits per heavy atom. The number of nitrogens with zero attached hydrogens (tertiary/aromatic N) is 2. The van der Waals surface area contributed by atoms with Crippen molar-refractivity contribution in [1.29, 1.82) is 0 Å². The minimum atomic E-state index is -3.77. The molecule has 12 heteroatoms. The van der Waals surface area contributed by atoms with Gasteiger partial charge in [-0.1, -0.05) is 43.3 Å². The van der Waals surface area contributed by atoms with Crippen molar-refractivity contribution in [3.63, 3.8) is 0 Å². The summed E-state index contributed by atoms with van der Waals surface area (Å²) in [5.41, 5.74) is 1.24. The maximum absolute atomic E-state index is 14.3. The van der Waals surface area contributed by atoms with Gasteiger partial charge in [-0.25, -0.2) is 13.2 Å². The van der Waals surface area contributed by atoms with Crippen LogP contribution in [0.3, 0.4) is 0 Å². The van der Waals surface area contributed by atoms with Crippen molar-refractivity contribution in [2.75, 3.05) is 44.0 Å². The second-order valence-electron chi connectivity index (χ2n) is 12.1. The number of hydrogen-bond acceptors (Lipinski definition) is 7. The first-order chi connectivity index (χ1) is 22.5. The number of aliphatic hydroxyl groups excluding tert-OH is 1. The topological polar surface area (TPSA) is 138 Å². The van der Waals surface area contributed by atoms with Gasteiger partial charge in [0.25, 0.3) is 5.91 Å². The molecule has 3 aromatic carbocycles. The molecule has 3 aromatic rings. The van der Waals surface area contributed by atoms with E-state index in [0.29, 0.717) is 30.2 Å². The molecular weight excluding hydrogens is 620 g/mol. The Balaban J connectivity index is 1.63. The predicted octanol–water partition coefficient (Wildman–Crippen LogP) is 5.45. The van der Waals surface area contributed by atoms with Crippen molar-refractivity contribution >= 4 is 33.3 Å². The van der Waals surface area contributed by atoms with Gasteiger partial charge in [-0.2, -0.15) is 4.31 Å². The Hall–Kier alpha value is -3.97. The molecule has 11 nitrogen and oxygen atoms in total. The zero-order chi connectivity index (χ0) is 34.0. The molecule has 47 heavy (non-hydrogen) atoms. The van der Waals surface area contributed by atoms with E-state index in [4.69, 9.17) is 9.47 Å². The fraction of sp³-hybridized carbons (Fsp3) is 0.429. The minimum Gasteiger partial charge on any atom is -0.490 e. The third kappa shape index (κ3) is 9.77. The van der Waals surface area contributed by atoms with Crippen LogP contribution < -0.4 is 15.4 Å². The standard InChI is InChI=1S/C35H46N4O7S/c1-25-22-39(26(2)24-40)34(41)31-21-29(37-35(42)36-28-14-7-5-8-15-28)18-19-32(31)46-27(3)13-11-12-20-45-33(25)23-38(4)47(43,44)30-16-9-6-10-17-30/h5-10,14-19,21,25-27,33,40H,11-13,20,22-24H2,1-4H3,(H2,36,37,42)/t25-,26-,27+,33-/m0/s1. The van der Waals surface area contributed by atoms with Crippen LogP contribution in [0.2, 0.25) is 0 Å². The number of ether oxygens (including phenoxy) is 2. The third-order valence-corrected chi connectivity index (χ3v) is 10.1. The number of sulfonamides is 1. The molecule has 0 unspecified atom stereocenters. The van der Waals surface area contributed by atoms with E-state index in [1.165, 1.54) is 11.4 Å². The van der Waals surface area contributed by atoms with Crippen molar-refractivity contribution in [2.24, 2.45) is 5.92 Å². The molecule has 254 valence electrons. The SMILES string of the molecule is C[C@@H]1CCCCO[C@@H](CN(C)S(=O)(=O)c2ccccc2)[C@@H](C)CN([C@@H](C)CO)C(=O)c2cc(NC(=O)Nc3ccccc3)ccc2O1. The highest BCUT2D eigenvalue weighted by Gasteiger charge is 2.32. The van der Waals surface area contributed by atoms with E-state index < -0.39 is 34.1 Å². The summed E-state index contributed by atoms with van der Waals surface area (Å²) in [4.78, 5) is 28.8. The van der Waals surface area contributed by atoms with Gasteiger partial charge >= 0.3 is 6.03 Å². The summed E-state index contributed by atoms with van der Waals surface area (Å²) in [5, 5.41) is 15.8. The number of para-hydroxylation sites is 1. The van der Waals surface area contributed by atoms with E-state index in [1.807, 2.05) is 32.0 Å². The van der Waals surface area contributed by atoms with Crippen molar-refractivity contribution < 1.29 is 32.6 Å². The van der Waals surface area contributed by atoms with Crippen LogP contribution in [-0.2, 0) is 14.8 Å². The molecule has 0 spiro atoms. The first kappa shape index (κ1) is 35.9. The molecule has 4 rings (SSSR count). The zero-order valence-corrected chi connectivity index (χ0v) is 28.3. The quantitative estimate of drug-likeness (QED) is 0.291. The van der Waals surface area contributed by atoms with Gasteiger partial charge in [0.2, 0.25) is 10.0 Å². The lowest BCUT2D eigenvalue weighted by molar-refractivity contribution is -0.00833. The number of carbonyl (C=O) groups is 2. The van der Waals surface area contributed by atoms with Crippen molar-refractivity contribution in [3.05, 3.63) is 84.4 Å². The first-order valence-corrected chi connectivity index (χ1v) is 17.4. The van der Waals surface area contributed by atoms with Crippen LogP contribution in [0.15, 0.2) is 83.8 Å². The molecule has 0 saturated heterocycles. The largest absolute Gasteiger partial charge is 0.490 e. The molecule has 0 aromatic heterocycles. The van der Waals surface area contributed by atoms with Gasteiger partial charge in [0.1, 0.15) is 5.75 Å². The Labute approximate surface area is 277 Å². The van der Waals surface area contributed by atoms with Crippen LogP contribution in [0.4, 0.5) is 16.2 Å². The predicted molar refractivity (Wildman–Crippen MR) is 182 cm³/mol. The van der Waals surface area contributed by atoms with Gasteiger partial charge in [0, 0.05) is 44.0 Å². The van der Waals surface area contributed by atoms with Crippen LogP contribution in [0.1, 0.15) is 50.4 Å². The maximum atomic E-state index is 14.3. The van der Waals surface area contributed by atoms with E-state index in [9.17, 15) is 23.1 Å².